The molecule has 228 valence electrons. The van der Waals surface area contributed by atoms with Crippen LogP contribution in [-0.4, -0.2) is 88.2 Å². The van der Waals surface area contributed by atoms with Crippen molar-refractivity contribution in [3.8, 4) is 11.5 Å². The van der Waals surface area contributed by atoms with Crippen molar-refractivity contribution in [2.45, 2.75) is 63.8 Å². The summed E-state index contributed by atoms with van der Waals surface area (Å²) in [7, 11) is 1.49. The zero-order valence-electron chi connectivity index (χ0n) is 24.8. The summed E-state index contributed by atoms with van der Waals surface area (Å²) < 4.78 is 22.4. The summed E-state index contributed by atoms with van der Waals surface area (Å²) in [5, 5.41) is 3.36. The van der Waals surface area contributed by atoms with E-state index in [-0.39, 0.29) is 36.9 Å². The summed E-state index contributed by atoms with van der Waals surface area (Å²) in [5.74, 6) is -1.35. The summed E-state index contributed by atoms with van der Waals surface area (Å²) in [6, 6.07) is 5.40. The third-order valence-corrected chi connectivity index (χ3v) is 7.18. The topological polar surface area (TPSA) is 170 Å². The van der Waals surface area contributed by atoms with Crippen molar-refractivity contribution in [3.05, 3.63) is 48.1 Å². The number of methoxy groups -OCH3 is 1. The number of fused-ring (bicyclic) bond motifs is 1. The first kappa shape index (κ1) is 31.2. The van der Waals surface area contributed by atoms with Crippen LogP contribution in [0.15, 0.2) is 36.9 Å². The summed E-state index contributed by atoms with van der Waals surface area (Å²) in [5.41, 5.74) is 7.10. The van der Waals surface area contributed by atoms with Gasteiger partial charge in [-0.3, -0.25) is 14.5 Å². The van der Waals surface area contributed by atoms with Gasteiger partial charge in [0.05, 0.1) is 25.8 Å². The second kappa shape index (κ2) is 12.2. The van der Waals surface area contributed by atoms with E-state index < -0.39 is 47.0 Å². The molecule has 0 spiro atoms. The van der Waals surface area contributed by atoms with E-state index in [1.54, 1.807) is 52.0 Å². The number of rotatable bonds is 10. The Bertz CT molecular complexity index is 1510. The van der Waals surface area contributed by atoms with Gasteiger partial charge < -0.3 is 29.8 Å². The number of pyridine rings is 1. The van der Waals surface area contributed by atoms with E-state index in [0.717, 1.165) is 0 Å². The number of ether oxygens (including phenoxy) is 4. The van der Waals surface area contributed by atoms with E-state index in [2.05, 4.69) is 21.7 Å². The van der Waals surface area contributed by atoms with Crippen LogP contribution in [-0.2, 0) is 19.1 Å². The third-order valence-electron chi connectivity index (χ3n) is 7.18. The second-order valence-corrected chi connectivity index (χ2v) is 11.3. The minimum absolute atomic E-state index is 0.0222. The van der Waals surface area contributed by atoms with Crippen molar-refractivity contribution >= 4 is 40.9 Å². The maximum Gasteiger partial charge on any atom is 0.411 e. The number of ketones is 1. The number of esters is 1. The lowest BCUT2D eigenvalue weighted by Crippen LogP contribution is -2.53. The Balaban J connectivity index is 1.66. The van der Waals surface area contributed by atoms with Gasteiger partial charge in [0.25, 0.3) is 5.78 Å². The number of likely N-dealkylation sites (tertiary alicyclic amines) is 1. The van der Waals surface area contributed by atoms with Crippen LogP contribution >= 0.6 is 0 Å². The molecule has 2 heterocycles. The fraction of sp³-hybridized carbons (Fsp3) is 0.467. The quantitative estimate of drug-likeness (QED) is 0.109. The highest BCUT2D eigenvalue weighted by Gasteiger charge is 2.62. The van der Waals surface area contributed by atoms with Gasteiger partial charge in [-0.2, -0.15) is 4.79 Å². The number of hydrogen-bond acceptors (Lipinski definition) is 9. The molecule has 4 unspecified atom stereocenters. The van der Waals surface area contributed by atoms with Gasteiger partial charge in [-0.15, -0.1) is 6.58 Å². The Morgan fingerprint density at radius 2 is 2.00 bits per heavy atom. The van der Waals surface area contributed by atoms with Crippen molar-refractivity contribution < 1.29 is 42.9 Å². The van der Waals surface area contributed by atoms with Crippen LogP contribution in [0.4, 0.5) is 4.79 Å². The molecule has 2 aromatic rings. The van der Waals surface area contributed by atoms with Crippen LogP contribution in [0.2, 0.25) is 0 Å². The van der Waals surface area contributed by atoms with E-state index in [4.69, 9.17) is 24.5 Å². The average molecular weight is 594 g/mol. The summed E-state index contributed by atoms with van der Waals surface area (Å²) in [4.78, 5) is 60.6. The van der Waals surface area contributed by atoms with Crippen molar-refractivity contribution in [3.63, 3.8) is 0 Å². The minimum atomic E-state index is -1.25. The van der Waals surface area contributed by atoms with Crippen LogP contribution in [0.5, 0.6) is 11.5 Å². The maximum absolute atomic E-state index is 13.7. The molecule has 1 aromatic carbocycles. The summed E-state index contributed by atoms with van der Waals surface area (Å²) in [6.07, 6.45) is 1.27. The highest BCUT2D eigenvalue weighted by atomic mass is 16.6. The van der Waals surface area contributed by atoms with E-state index in [0.29, 0.717) is 29.3 Å². The summed E-state index contributed by atoms with van der Waals surface area (Å²) >= 11 is 0. The Morgan fingerprint density at radius 3 is 2.60 bits per heavy atom. The van der Waals surface area contributed by atoms with Crippen LogP contribution in [0, 0.1) is 5.92 Å². The second-order valence-electron chi connectivity index (χ2n) is 11.3. The molecule has 2 fully saturated rings. The Morgan fingerprint density at radius 1 is 1.26 bits per heavy atom. The van der Waals surface area contributed by atoms with Gasteiger partial charge in [0.2, 0.25) is 5.91 Å². The molecule has 4 atom stereocenters. The molecular formula is C30H35N5O8. The lowest BCUT2D eigenvalue weighted by atomic mass is 10.1. The van der Waals surface area contributed by atoms with E-state index >= 15 is 0 Å². The molecule has 1 aromatic heterocycles. The van der Waals surface area contributed by atoms with Crippen molar-refractivity contribution in [2.24, 2.45) is 5.92 Å². The molecule has 0 bridgehead atoms. The fourth-order valence-electron chi connectivity index (χ4n) is 5.04. The molecule has 0 radical (unpaired) electrons. The predicted octanol–water partition coefficient (Wildman–Crippen LogP) is 3.11. The number of benzene rings is 1. The number of carbonyl (C=O) groups excluding carboxylic acids is 4. The van der Waals surface area contributed by atoms with E-state index in [9.17, 15) is 19.2 Å². The number of amides is 2. The normalized spacial score (nSPS) is 22.6. The first-order valence-electron chi connectivity index (χ1n) is 13.8. The largest absolute Gasteiger partial charge is 0.497 e. The van der Waals surface area contributed by atoms with Crippen molar-refractivity contribution in [2.75, 3.05) is 20.3 Å². The maximum atomic E-state index is 13.7. The van der Waals surface area contributed by atoms with Gasteiger partial charge >= 0.3 is 18.3 Å². The molecule has 2 amide bonds. The van der Waals surface area contributed by atoms with Crippen molar-refractivity contribution in [1.82, 2.24) is 15.2 Å². The average Bonchev–Trinajstić information content (AvgIpc) is 3.50. The van der Waals surface area contributed by atoms with Gasteiger partial charge in [0, 0.05) is 29.9 Å². The molecule has 1 aliphatic carbocycles. The molecule has 1 saturated carbocycles. The zero-order chi connectivity index (χ0) is 31.5. The molecular weight excluding hydrogens is 558 g/mol. The number of hydrogen-bond donors (Lipinski definition) is 1. The lowest BCUT2D eigenvalue weighted by molar-refractivity contribution is -0.149. The van der Waals surface area contributed by atoms with Gasteiger partial charge in [0.1, 0.15) is 40.5 Å². The number of aromatic nitrogens is 1. The number of nitrogens with one attached hydrogen (secondary N) is 1. The number of Topliss-reactive ketones (excluding diaryl/α,β-unsaturated/α-hetero) is 1. The van der Waals surface area contributed by atoms with Gasteiger partial charge in [-0.1, -0.05) is 6.08 Å². The molecule has 43 heavy (non-hydrogen) atoms. The summed E-state index contributed by atoms with van der Waals surface area (Å²) in [6.45, 7) is 10.7. The SMILES string of the molecule is C=CC1CC1(NC(=O)C1CC(Oc2cc(C(=O)C=[N+]=[N-])nc3cc(OC)ccc23)CN1C(=O)OC(C)(C)C)C(=O)OCC. The molecule has 1 aliphatic heterocycles. The highest BCUT2D eigenvalue weighted by Crippen LogP contribution is 2.46. The molecule has 13 nitrogen and oxygen atoms in total. The van der Waals surface area contributed by atoms with Gasteiger partial charge in [-0.25, -0.2) is 14.6 Å². The third kappa shape index (κ3) is 6.67. The number of nitrogens with zero attached hydrogens (tertiary/aromatic N) is 4. The van der Waals surface area contributed by atoms with Crippen LogP contribution in [0.1, 0.15) is 51.0 Å². The predicted molar refractivity (Wildman–Crippen MR) is 154 cm³/mol. The molecule has 1 N–H and O–H groups in total. The van der Waals surface area contributed by atoms with Crippen LogP contribution in [0.25, 0.3) is 16.4 Å². The van der Waals surface area contributed by atoms with Gasteiger partial charge in [0.15, 0.2) is 0 Å². The van der Waals surface area contributed by atoms with Gasteiger partial charge in [-0.05, 0) is 46.2 Å². The molecule has 2 aliphatic rings. The zero-order valence-corrected chi connectivity index (χ0v) is 24.8. The molecule has 13 heteroatoms. The van der Waals surface area contributed by atoms with Crippen LogP contribution < -0.4 is 14.8 Å². The van der Waals surface area contributed by atoms with E-state index in [1.807, 2.05) is 0 Å². The fourth-order valence-corrected chi connectivity index (χ4v) is 5.04. The lowest BCUT2D eigenvalue weighted by Gasteiger charge is -2.28. The first-order chi connectivity index (χ1) is 20.3. The number of carbonyl (C=O) groups is 4. The Hall–Kier alpha value is -4.77. The van der Waals surface area contributed by atoms with Crippen LogP contribution in [0.3, 0.4) is 0 Å². The van der Waals surface area contributed by atoms with Crippen molar-refractivity contribution in [1.29, 1.82) is 0 Å². The standard InChI is InChI=1S/C30H35N5O8/c1-7-17-14-30(17,27(38)41-8-2)34-26(37)23-12-19(16-35(23)28(39)43-29(3,4)5)42-25-13-22(24(36)15-32-31)33-21-11-18(40-6)9-10-20(21)25/h7,9-11,13,15,17,19,23H,1,8,12,14,16H2,2-6H3,(H,34,37). The Labute approximate surface area is 248 Å². The highest BCUT2D eigenvalue weighted by molar-refractivity contribution is 6.33. The molecule has 1 saturated heterocycles. The van der Waals surface area contributed by atoms with E-state index in [1.165, 1.54) is 18.1 Å². The first-order valence-corrected chi connectivity index (χ1v) is 13.8. The monoisotopic (exact) mass is 593 g/mol. The smallest absolute Gasteiger partial charge is 0.411 e. The molecule has 4 rings (SSSR count). The minimum Gasteiger partial charge on any atom is -0.497 e. The Kier molecular flexibility index (Phi) is 8.86.